The van der Waals surface area contributed by atoms with Crippen LogP contribution in [0.25, 0.3) is 0 Å². The summed E-state index contributed by atoms with van der Waals surface area (Å²) in [7, 11) is 0. The fraction of sp³-hybridized carbons (Fsp3) is 0.692. The predicted molar refractivity (Wildman–Crippen MR) is 62.9 cm³/mol. The van der Waals surface area contributed by atoms with E-state index in [1.54, 1.807) is 0 Å². The fourth-order valence-corrected chi connectivity index (χ4v) is 2.12. The lowest BCUT2D eigenvalue weighted by molar-refractivity contribution is 0.355. The molecule has 0 amide bonds. The summed E-state index contributed by atoms with van der Waals surface area (Å²) in [5.74, 6) is 0.857. The van der Waals surface area contributed by atoms with Crippen LogP contribution in [0.15, 0.2) is 23.9 Å². The summed E-state index contributed by atoms with van der Waals surface area (Å²) in [5, 5.41) is 0. The van der Waals surface area contributed by atoms with Crippen molar-refractivity contribution in [2.45, 2.75) is 51.9 Å². The molecular formula is C13H23N. The van der Waals surface area contributed by atoms with Gasteiger partial charge >= 0.3 is 0 Å². The molecule has 1 fully saturated rings. The second kappa shape index (κ2) is 6.69. The van der Waals surface area contributed by atoms with Crippen LogP contribution in [-0.4, -0.2) is 0 Å². The number of allylic oxidation sites excluding steroid dienone is 4. The summed E-state index contributed by atoms with van der Waals surface area (Å²) in [6.45, 7) is 2.14. The SMILES string of the molecule is CC/C=C\C=C(\N)CC1CCCCC1. The van der Waals surface area contributed by atoms with E-state index in [4.69, 9.17) is 5.73 Å². The van der Waals surface area contributed by atoms with Crippen molar-refractivity contribution in [2.24, 2.45) is 11.7 Å². The van der Waals surface area contributed by atoms with Gasteiger partial charge in [0.1, 0.15) is 0 Å². The molecule has 0 unspecified atom stereocenters. The van der Waals surface area contributed by atoms with Crippen LogP contribution in [0.4, 0.5) is 0 Å². The summed E-state index contributed by atoms with van der Waals surface area (Å²) in [4.78, 5) is 0. The summed E-state index contributed by atoms with van der Waals surface area (Å²) in [6.07, 6.45) is 15.5. The van der Waals surface area contributed by atoms with Gasteiger partial charge in [-0.3, -0.25) is 0 Å². The molecule has 1 aliphatic carbocycles. The topological polar surface area (TPSA) is 26.0 Å². The molecule has 0 bridgehead atoms. The Kier molecular flexibility index (Phi) is 5.43. The standard InChI is InChI=1S/C13H23N/c1-2-3-5-10-13(14)11-12-8-6-4-7-9-12/h3,5,10,12H,2,4,6-9,11,14H2,1H3/b5-3-,13-10+. The van der Waals surface area contributed by atoms with Crippen LogP contribution in [0.1, 0.15) is 51.9 Å². The Bertz CT molecular complexity index is 197. The molecule has 0 atom stereocenters. The van der Waals surface area contributed by atoms with Crippen molar-refractivity contribution in [1.29, 1.82) is 0 Å². The van der Waals surface area contributed by atoms with Gasteiger partial charge in [0.15, 0.2) is 0 Å². The van der Waals surface area contributed by atoms with Gasteiger partial charge in [0.25, 0.3) is 0 Å². The van der Waals surface area contributed by atoms with Crippen LogP contribution in [0.2, 0.25) is 0 Å². The molecule has 0 heterocycles. The lowest BCUT2D eigenvalue weighted by Crippen LogP contribution is -2.10. The van der Waals surface area contributed by atoms with Gasteiger partial charge in [0.2, 0.25) is 0 Å². The Balaban J connectivity index is 2.27. The van der Waals surface area contributed by atoms with E-state index in [0.717, 1.165) is 24.5 Å². The first kappa shape index (κ1) is 11.4. The maximum absolute atomic E-state index is 5.96. The van der Waals surface area contributed by atoms with Gasteiger partial charge < -0.3 is 5.73 Å². The summed E-state index contributed by atoms with van der Waals surface area (Å²) >= 11 is 0. The molecule has 1 heteroatoms. The zero-order chi connectivity index (χ0) is 10.2. The van der Waals surface area contributed by atoms with Crippen LogP contribution in [0.3, 0.4) is 0 Å². The van der Waals surface area contributed by atoms with E-state index in [2.05, 4.69) is 25.2 Å². The van der Waals surface area contributed by atoms with Crippen molar-refractivity contribution in [3.8, 4) is 0 Å². The summed E-state index contributed by atoms with van der Waals surface area (Å²) in [6, 6.07) is 0. The minimum Gasteiger partial charge on any atom is -0.402 e. The maximum Gasteiger partial charge on any atom is 0.00831 e. The lowest BCUT2D eigenvalue weighted by Gasteiger charge is -2.21. The molecule has 1 aliphatic rings. The second-order valence-electron chi connectivity index (χ2n) is 4.29. The molecule has 1 nitrogen and oxygen atoms in total. The van der Waals surface area contributed by atoms with Crippen LogP contribution >= 0.6 is 0 Å². The minimum atomic E-state index is 0.857. The van der Waals surface area contributed by atoms with E-state index in [0.29, 0.717) is 0 Å². The molecule has 0 aromatic heterocycles. The van der Waals surface area contributed by atoms with E-state index in [1.165, 1.54) is 32.1 Å². The van der Waals surface area contributed by atoms with Crippen molar-refractivity contribution in [3.63, 3.8) is 0 Å². The van der Waals surface area contributed by atoms with Crippen LogP contribution in [-0.2, 0) is 0 Å². The Labute approximate surface area is 88.1 Å². The highest BCUT2D eigenvalue weighted by Gasteiger charge is 2.13. The third-order valence-electron chi connectivity index (χ3n) is 2.93. The molecule has 0 aliphatic heterocycles. The molecule has 0 radical (unpaired) electrons. The average Bonchev–Trinajstić information content (AvgIpc) is 2.20. The normalized spacial score (nSPS) is 20.5. The van der Waals surface area contributed by atoms with E-state index < -0.39 is 0 Å². The van der Waals surface area contributed by atoms with E-state index in [1.807, 2.05) is 0 Å². The number of hydrogen-bond acceptors (Lipinski definition) is 1. The Morgan fingerprint density at radius 1 is 1.29 bits per heavy atom. The van der Waals surface area contributed by atoms with E-state index in [-0.39, 0.29) is 0 Å². The Morgan fingerprint density at radius 2 is 2.00 bits per heavy atom. The van der Waals surface area contributed by atoms with Crippen molar-refractivity contribution < 1.29 is 0 Å². The van der Waals surface area contributed by atoms with Gasteiger partial charge in [0.05, 0.1) is 0 Å². The molecule has 1 rings (SSSR count). The molecule has 0 saturated heterocycles. The van der Waals surface area contributed by atoms with Crippen LogP contribution in [0, 0.1) is 5.92 Å². The molecular weight excluding hydrogens is 170 g/mol. The largest absolute Gasteiger partial charge is 0.402 e. The molecule has 14 heavy (non-hydrogen) atoms. The first-order chi connectivity index (χ1) is 6.83. The second-order valence-corrected chi connectivity index (χ2v) is 4.29. The number of nitrogens with two attached hydrogens (primary N) is 1. The molecule has 0 aromatic rings. The lowest BCUT2D eigenvalue weighted by atomic mass is 9.86. The fourth-order valence-electron chi connectivity index (χ4n) is 2.12. The molecule has 1 saturated carbocycles. The Hall–Kier alpha value is -0.720. The van der Waals surface area contributed by atoms with Gasteiger partial charge in [-0.25, -0.2) is 0 Å². The van der Waals surface area contributed by atoms with Crippen LogP contribution < -0.4 is 5.73 Å². The van der Waals surface area contributed by atoms with Crippen molar-refractivity contribution >= 4 is 0 Å². The van der Waals surface area contributed by atoms with E-state index in [9.17, 15) is 0 Å². The predicted octanol–water partition coefficient (Wildman–Crippen LogP) is 3.77. The third kappa shape index (κ3) is 4.50. The van der Waals surface area contributed by atoms with Gasteiger partial charge in [-0.1, -0.05) is 51.2 Å². The summed E-state index contributed by atoms with van der Waals surface area (Å²) in [5.41, 5.74) is 7.01. The van der Waals surface area contributed by atoms with Gasteiger partial charge in [0, 0.05) is 5.70 Å². The van der Waals surface area contributed by atoms with Gasteiger partial charge in [-0.15, -0.1) is 0 Å². The first-order valence-electron chi connectivity index (χ1n) is 5.94. The molecule has 0 spiro atoms. The van der Waals surface area contributed by atoms with Crippen molar-refractivity contribution in [2.75, 3.05) is 0 Å². The van der Waals surface area contributed by atoms with Gasteiger partial charge in [-0.2, -0.15) is 0 Å². The molecule has 0 aromatic carbocycles. The third-order valence-corrected chi connectivity index (χ3v) is 2.93. The zero-order valence-corrected chi connectivity index (χ0v) is 9.34. The average molecular weight is 193 g/mol. The zero-order valence-electron chi connectivity index (χ0n) is 9.34. The summed E-state index contributed by atoms with van der Waals surface area (Å²) < 4.78 is 0. The number of rotatable bonds is 4. The van der Waals surface area contributed by atoms with Crippen LogP contribution in [0.5, 0.6) is 0 Å². The highest BCUT2D eigenvalue weighted by atomic mass is 14.6. The van der Waals surface area contributed by atoms with E-state index >= 15 is 0 Å². The Morgan fingerprint density at radius 3 is 2.64 bits per heavy atom. The highest BCUT2D eigenvalue weighted by Crippen LogP contribution is 2.27. The molecule has 80 valence electrons. The molecule has 2 N–H and O–H groups in total. The smallest absolute Gasteiger partial charge is 0.00831 e. The first-order valence-corrected chi connectivity index (χ1v) is 5.94. The van der Waals surface area contributed by atoms with Crippen molar-refractivity contribution in [3.05, 3.63) is 23.9 Å². The maximum atomic E-state index is 5.96. The monoisotopic (exact) mass is 193 g/mol. The quantitative estimate of drug-likeness (QED) is 0.676. The minimum absolute atomic E-state index is 0.857. The highest BCUT2D eigenvalue weighted by molar-refractivity contribution is 5.10. The van der Waals surface area contributed by atoms with Gasteiger partial charge in [-0.05, 0) is 24.8 Å². The van der Waals surface area contributed by atoms with Crippen molar-refractivity contribution in [1.82, 2.24) is 0 Å². The number of hydrogen-bond donors (Lipinski definition) is 1.